The molecule has 0 fully saturated rings. The van der Waals surface area contributed by atoms with Crippen LogP contribution in [0.25, 0.3) is 82.8 Å². The van der Waals surface area contributed by atoms with E-state index in [0.29, 0.717) is 0 Å². The maximum atomic E-state index is 2.51. The maximum absolute atomic E-state index is 2.51. The third kappa shape index (κ3) is 6.53. The smallest absolute Gasteiger partial charge is 0.0714 e. The van der Waals surface area contributed by atoms with Crippen LogP contribution in [0.4, 0.5) is 17.1 Å². The van der Waals surface area contributed by atoms with Crippen LogP contribution in [0.5, 0.6) is 0 Å². The number of aromatic nitrogens is 1. The molecule has 0 unspecified atom stereocenters. The molecule has 76 heavy (non-hydrogen) atoms. The van der Waals surface area contributed by atoms with E-state index in [9.17, 15) is 0 Å². The summed E-state index contributed by atoms with van der Waals surface area (Å²) < 4.78 is 2.40. The molecule has 13 aromatic rings. The fourth-order valence-corrected chi connectivity index (χ4v) is 13.3. The second kappa shape index (κ2) is 17.0. The van der Waals surface area contributed by atoms with E-state index in [-0.39, 0.29) is 5.41 Å². The number of para-hydroxylation sites is 2. The summed E-state index contributed by atoms with van der Waals surface area (Å²) in [6.45, 7) is 4.75. The first-order chi connectivity index (χ1) is 37.4. The Bertz CT molecular complexity index is 4370. The minimum atomic E-state index is -0.641. The molecule has 0 bridgehead atoms. The zero-order valence-corrected chi connectivity index (χ0v) is 42.5. The van der Waals surface area contributed by atoms with E-state index in [0.717, 1.165) is 22.7 Å². The Kier molecular flexibility index (Phi) is 9.86. The molecule has 2 heteroatoms. The van der Waals surface area contributed by atoms with Crippen molar-refractivity contribution in [3.05, 3.63) is 312 Å². The lowest BCUT2D eigenvalue weighted by Crippen LogP contribution is -2.28. The summed E-state index contributed by atoms with van der Waals surface area (Å²) in [4.78, 5) is 2.49. The Morgan fingerprint density at radius 1 is 0.303 bits per heavy atom. The second-order valence-corrected chi connectivity index (χ2v) is 21.2. The monoisotopic (exact) mass is 968 g/mol. The number of rotatable bonds is 8. The highest BCUT2D eigenvalue weighted by atomic mass is 15.1. The first kappa shape index (κ1) is 44.0. The van der Waals surface area contributed by atoms with Gasteiger partial charge in [0.25, 0.3) is 0 Å². The van der Waals surface area contributed by atoms with Crippen molar-refractivity contribution in [2.24, 2.45) is 0 Å². The van der Waals surface area contributed by atoms with Gasteiger partial charge in [-0.25, -0.2) is 0 Å². The van der Waals surface area contributed by atoms with Crippen LogP contribution in [0.1, 0.15) is 47.2 Å². The number of hydrogen-bond acceptors (Lipinski definition) is 1. The van der Waals surface area contributed by atoms with Crippen molar-refractivity contribution >= 4 is 49.6 Å². The standard InChI is InChI=1S/C74H52N2/c1-73(2)67-31-16-14-28-61(67)62-42-39-57(47-68(62)73)75(56-37-33-50(34-38-56)60-30-18-20-49-19-12-13-27-59(49)60)58-40-43-64-63-41-35-52(46-69(63)74(70(64)48-58,53-21-6-3-7-22-53)54-23-8-4-9-24-54)51-36-44-72-66(45-51)65-29-15-17-32-71(65)76(72)55-25-10-5-11-26-55/h3-48H,1-2H3. The molecule has 2 aliphatic carbocycles. The average molecular weight is 969 g/mol. The summed E-state index contributed by atoms with van der Waals surface area (Å²) in [5.41, 5.74) is 23.8. The van der Waals surface area contributed by atoms with Crippen LogP contribution < -0.4 is 4.90 Å². The minimum absolute atomic E-state index is 0.164. The molecular weight excluding hydrogens is 917 g/mol. The molecule has 15 rings (SSSR count). The van der Waals surface area contributed by atoms with E-state index in [2.05, 4.69) is 302 Å². The summed E-state index contributed by atoms with van der Waals surface area (Å²) in [7, 11) is 0. The fraction of sp³-hybridized carbons (Fsp3) is 0.0541. The zero-order chi connectivity index (χ0) is 50.5. The van der Waals surface area contributed by atoms with Crippen LogP contribution >= 0.6 is 0 Å². The molecule has 1 aromatic heterocycles. The SMILES string of the molecule is CC1(C)c2ccccc2-c2ccc(N(c3ccc(-c4cccc5ccccc45)cc3)c3ccc4c(c3)C(c3ccccc3)(c3ccccc3)c3cc(-c5ccc6c(c5)c5ccccc5n6-c5ccccc5)ccc3-4)cc21. The van der Waals surface area contributed by atoms with Gasteiger partial charge in [-0.05, 0) is 161 Å². The lowest BCUT2D eigenvalue weighted by molar-refractivity contribution is 0.660. The van der Waals surface area contributed by atoms with Crippen molar-refractivity contribution in [3.8, 4) is 50.2 Å². The van der Waals surface area contributed by atoms with E-state index >= 15 is 0 Å². The summed E-state index contributed by atoms with van der Waals surface area (Å²) in [5, 5.41) is 4.99. The van der Waals surface area contributed by atoms with Gasteiger partial charge in [0.05, 0.1) is 16.4 Å². The van der Waals surface area contributed by atoms with Gasteiger partial charge >= 0.3 is 0 Å². The van der Waals surface area contributed by atoms with Crippen LogP contribution in [0, 0.1) is 0 Å². The third-order valence-electron chi connectivity index (χ3n) is 16.9. The first-order valence-corrected chi connectivity index (χ1v) is 26.6. The minimum Gasteiger partial charge on any atom is -0.310 e. The van der Waals surface area contributed by atoms with Gasteiger partial charge < -0.3 is 9.47 Å². The van der Waals surface area contributed by atoms with Gasteiger partial charge in [-0.15, -0.1) is 0 Å². The first-order valence-electron chi connectivity index (χ1n) is 26.6. The lowest BCUT2D eigenvalue weighted by Gasteiger charge is -2.35. The molecule has 0 atom stereocenters. The van der Waals surface area contributed by atoms with E-state index in [1.807, 2.05) is 0 Å². The second-order valence-electron chi connectivity index (χ2n) is 21.2. The highest BCUT2D eigenvalue weighted by Crippen LogP contribution is 2.59. The Morgan fingerprint density at radius 2 is 0.789 bits per heavy atom. The van der Waals surface area contributed by atoms with Gasteiger partial charge in [-0.3, -0.25) is 0 Å². The Balaban J connectivity index is 0.935. The Hall–Kier alpha value is -9.50. The van der Waals surface area contributed by atoms with Gasteiger partial charge in [0.2, 0.25) is 0 Å². The van der Waals surface area contributed by atoms with Gasteiger partial charge in [-0.2, -0.15) is 0 Å². The van der Waals surface area contributed by atoms with Crippen LogP contribution in [-0.2, 0) is 10.8 Å². The van der Waals surface area contributed by atoms with E-state index in [1.54, 1.807) is 0 Å². The molecule has 358 valence electrons. The topological polar surface area (TPSA) is 8.17 Å². The molecule has 2 nitrogen and oxygen atoms in total. The molecule has 0 amide bonds. The molecule has 12 aromatic carbocycles. The zero-order valence-electron chi connectivity index (χ0n) is 42.5. The normalized spacial score (nSPS) is 13.6. The molecular formula is C74H52N2. The number of anilines is 3. The number of fused-ring (bicyclic) bond motifs is 10. The van der Waals surface area contributed by atoms with Gasteiger partial charge in [0, 0.05) is 38.9 Å². The van der Waals surface area contributed by atoms with Gasteiger partial charge in [0.15, 0.2) is 0 Å². The lowest BCUT2D eigenvalue weighted by atomic mass is 9.67. The van der Waals surface area contributed by atoms with E-state index in [4.69, 9.17) is 0 Å². The van der Waals surface area contributed by atoms with Crippen molar-refractivity contribution in [2.75, 3.05) is 4.90 Å². The van der Waals surface area contributed by atoms with Gasteiger partial charge in [-0.1, -0.05) is 220 Å². The van der Waals surface area contributed by atoms with Crippen molar-refractivity contribution in [2.45, 2.75) is 24.7 Å². The Morgan fingerprint density at radius 3 is 1.53 bits per heavy atom. The third-order valence-corrected chi connectivity index (χ3v) is 16.9. The highest BCUT2D eigenvalue weighted by molar-refractivity contribution is 6.10. The van der Waals surface area contributed by atoms with Crippen molar-refractivity contribution in [3.63, 3.8) is 0 Å². The van der Waals surface area contributed by atoms with Crippen molar-refractivity contribution in [1.82, 2.24) is 4.57 Å². The van der Waals surface area contributed by atoms with Crippen molar-refractivity contribution < 1.29 is 0 Å². The molecule has 0 radical (unpaired) electrons. The van der Waals surface area contributed by atoms with Gasteiger partial charge in [0.1, 0.15) is 0 Å². The molecule has 0 spiro atoms. The molecule has 0 saturated carbocycles. The summed E-state index contributed by atoms with van der Waals surface area (Å²) in [6.07, 6.45) is 0. The van der Waals surface area contributed by atoms with Crippen LogP contribution in [0.3, 0.4) is 0 Å². The molecule has 0 N–H and O–H groups in total. The van der Waals surface area contributed by atoms with Crippen molar-refractivity contribution in [1.29, 1.82) is 0 Å². The predicted octanol–water partition coefficient (Wildman–Crippen LogP) is 19.4. The predicted molar refractivity (Wildman–Crippen MR) is 319 cm³/mol. The largest absolute Gasteiger partial charge is 0.310 e. The molecule has 0 saturated heterocycles. The molecule has 2 aliphatic rings. The quantitative estimate of drug-likeness (QED) is 0.147. The summed E-state index contributed by atoms with van der Waals surface area (Å²) in [6, 6.07) is 104. The van der Waals surface area contributed by atoms with Crippen LogP contribution in [-0.4, -0.2) is 4.57 Å². The fourth-order valence-electron chi connectivity index (χ4n) is 13.3. The molecule has 1 heterocycles. The Labute approximate surface area is 444 Å². The summed E-state index contributed by atoms with van der Waals surface area (Å²) in [5.74, 6) is 0. The number of hydrogen-bond donors (Lipinski definition) is 0. The van der Waals surface area contributed by atoms with E-state index in [1.165, 1.54) is 110 Å². The summed E-state index contributed by atoms with van der Waals surface area (Å²) >= 11 is 0. The average Bonchev–Trinajstić information content (AvgIpc) is 4.09. The van der Waals surface area contributed by atoms with Crippen LogP contribution in [0.15, 0.2) is 279 Å². The van der Waals surface area contributed by atoms with E-state index < -0.39 is 5.41 Å². The maximum Gasteiger partial charge on any atom is 0.0714 e. The van der Waals surface area contributed by atoms with Crippen LogP contribution in [0.2, 0.25) is 0 Å². The number of nitrogens with zero attached hydrogens (tertiary/aromatic N) is 2. The number of benzene rings is 12. The molecule has 0 aliphatic heterocycles. The highest BCUT2D eigenvalue weighted by Gasteiger charge is 2.47.